The number of hydrogen-bond acceptors (Lipinski definition) is 8. The molecule has 212 valence electrons. The molecule has 0 radical (unpaired) electrons. The Balaban J connectivity index is 1.47. The van der Waals surface area contributed by atoms with Crippen molar-refractivity contribution in [2.24, 2.45) is 0 Å². The third-order valence-electron chi connectivity index (χ3n) is 7.11. The average Bonchev–Trinajstić information content (AvgIpc) is 2.96. The van der Waals surface area contributed by atoms with Crippen LogP contribution in [-0.2, 0) is 20.8 Å². The molecule has 4 rings (SSSR count). The number of nitrogens with one attached hydrogen (secondary N) is 1. The minimum absolute atomic E-state index is 0.0565. The number of benzene rings is 2. The van der Waals surface area contributed by atoms with Crippen LogP contribution in [0.2, 0.25) is 0 Å². The van der Waals surface area contributed by atoms with Crippen LogP contribution in [0.15, 0.2) is 42.5 Å². The van der Waals surface area contributed by atoms with Crippen molar-refractivity contribution in [3.63, 3.8) is 0 Å². The van der Waals surface area contributed by atoms with Gasteiger partial charge in [0.05, 0.1) is 44.7 Å². The van der Waals surface area contributed by atoms with E-state index in [2.05, 4.69) is 52.4 Å². The highest BCUT2D eigenvalue weighted by Gasteiger charge is 2.36. The van der Waals surface area contributed by atoms with E-state index < -0.39 is 0 Å². The summed E-state index contributed by atoms with van der Waals surface area (Å²) in [6.07, 6.45) is 0.866. The molecule has 0 bridgehead atoms. The zero-order chi connectivity index (χ0) is 27.5. The first-order chi connectivity index (χ1) is 19.1. The van der Waals surface area contributed by atoms with Crippen molar-refractivity contribution >= 4 is 5.69 Å². The topological polar surface area (TPSA) is 64.7 Å². The summed E-state index contributed by atoms with van der Waals surface area (Å²) in [6, 6.07) is 14.6. The summed E-state index contributed by atoms with van der Waals surface area (Å²) in [5.74, 6) is 8.15. The second kappa shape index (κ2) is 15.1. The normalized spacial score (nSPS) is 20.6. The first kappa shape index (κ1) is 29.2. The molecule has 1 saturated heterocycles. The first-order valence-electron chi connectivity index (χ1n) is 13.8. The van der Waals surface area contributed by atoms with Crippen molar-refractivity contribution in [2.75, 3.05) is 85.8 Å². The molecule has 2 aromatic carbocycles. The van der Waals surface area contributed by atoms with Crippen molar-refractivity contribution in [1.29, 1.82) is 0 Å². The maximum atomic E-state index is 6.61. The number of ether oxygens (including phenoxy) is 5. The van der Waals surface area contributed by atoms with Crippen LogP contribution in [0.1, 0.15) is 23.5 Å². The zero-order valence-electron chi connectivity index (χ0n) is 23.8. The fourth-order valence-corrected chi connectivity index (χ4v) is 5.10. The molecule has 0 unspecified atom stereocenters. The van der Waals surface area contributed by atoms with Crippen molar-refractivity contribution in [1.82, 2.24) is 10.2 Å². The minimum atomic E-state index is -0.0584. The molecule has 0 saturated carbocycles. The summed E-state index contributed by atoms with van der Waals surface area (Å²) in [6.45, 7) is 6.39. The van der Waals surface area contributed by atoms with Gasteiger partial charge in [-0.15, -0.1) is 0 Å². The van der Waals surface area contributed by atoms with Gasteiger partial charge in [-0.1, -0.05) is 30.0 Å². The van der Waals surface area contributed by atoms with Gasteiger partial charge in [0.1, 0.15) is 24.7 Å². The Bertz CT molecular complexity index is 1080. The summed E-state index contributed by atoms with van der Waals surface area (Å²) < 4.78 is 29.5. The molecular formula is C31H43N3O5. The fraction of sp³-hybridized carbons (Fsp3) is 0.548. The lowest BCUT2D eigenvalue weighted by Crippen LogP contribution is -2.50. The Morgan fingerprint density at radius 2 is 1.82 bits per heavy atom. The number of fused-ring (bicyclic) bond motifs is 1. The number of anilines is 1. The molecule has 0 aromatic heterocycles. The van der Waals surface area contributed by atoms with Crippen LogP contribution in [-0.4, -0.2) is 98.0 Å². The van der Waals surface area contributed by atoms with Crippen LogP contribution in [0.3, 0.4) is 0 Å². The molecule has 0 spiro atoms. The quantitative estimate of drug-likeness (QED) is 0.327. The summed E-state index contributed by atoms with van der Waals surface area (Å²) in [5, 5.41) is 3.52. The minimum Gasteiger partial charge on any atom is -0.497 e. The molecule has 8 nitrogen and oxygen atoms in total. The van der Waals surface area contributed by atoms with Crippen LogP contribution in [0, 0.1) is 11.8 Å². The second-order valence-electron chi connectivity index (χ2n) is 10.2. The van der Waals surface area contributed by atoms with E-state index in [4.69, 9.17) is 23.7 Å². The maximum absolute atomic E-state index is 6.61. The molecule has 8 heteroatoms. The molecule has 0 aliphatic carbocycles. The highest BCUT2D eigenvalue weighted by molar-refractivity contribution is 5.61. The van der Waals surface area contributed by atoms with Crippen molar-refractivity contribution in [3.8, 4) is 23.3 Å². The SMILES string of the molecule is COCCCN1CCOc2ccc(CO[C@H]3CNC[C@@H](OCC#CCN(C)C)[C@@H]3c3ccc(OC)cc3)cc21. The highest BCUT2D eigenvalue weighted by atomic mass is 16.5. The van der Waals surface area contributed by atoms with Gasteiger partial charge in [0, 0.05) is 39.3 Å². The molecule has 1 fully saturated rings. The summed E-state index contributed by atoms with van der Waals surface area (Å²) >= 11 is 0. The van der Waals surface area contributed by atoms with Gasteiger partial charge in [-0.25, -0.2) is 0 Å². The Morgan fingerprint density at radius 1 is 1.03 bits per heavy atom. The number of piperidine rings is 1. The maximum Gasteiger partial charge on any atom is 0.142 e. The van der Waals surface area contributed by atoms with Crippen LogP contribution >= 0.6 is 0 Å². The van der Waals surface area contributed by atoms with Crippen molar-refractivity contribution in [3.05, 3.63) is 53.6 Å². The van der Waals surface area contributed by atoms with Gasteiger partial charge in [0.25, 0.3) is 0 Å². The zero-order valence-corrected chi connectivity index (χ0v) is 23.8. The van der Waals surface area contributed by atoms with Crippen LogP contribution in [0.5, 0.6) is 11.5 Å². The number of methoxy groups -OCH3 is 2. The van der Waals surface area contributed by atoms with E-state index in [-0.39, 0.29) is 18.1 Å². The number of rotatable bonds is 12. The number of hydrogen-bond donors (Lipinski definition) is 1. The van der Waals surface area contributed by atoms with Crippen molar-refractivity contribution < 1.29 is 23.7 Å². The van der Waals surface area contributed by atoms with E-state index in [1.807, 2.05) is 31.1 Å². The van der Waals surface area contributed by atoms with Crippen LogP contribution < -0.4 is 19.7 Å². The number of nitrogens with zero attached hydrogens (tertiary/aromatic N) is 2. The standard InChI is InChI=1S/C31H43N3O5/c1-33(2)14-5-6-18-37-29-21-32-22-30(31(29)25-9-11-26(36-4)12-10-25)39-23-24-8-13-28-27(20-24)34(16-19-38-28)15-7-17-35-3/h8-13,20,29-32H,7,14-19,21-23H2,1-4H3/t29-,30+,31+/m1/s1. The summed E-state index contributed by atoms with van der Waals surface area (Å²) in [7, 11) is 7.45. The molecular weight excluding hydrogens is 494 g/mol. The molecule has 1 N–H and O–H groups in total. The Kier molecular flexibility index (Phi) is 11.3. The fourth-order valence-electron chi connectivity index (χ4n) is 5.10. The summed E-state index contributed by atoms with van der Waals surface area (Å²) in [5.41, 5.74) is 3.43. The molecule has 2 aliphatic rings. The van der Waals surface area contributed by atoms with E-state index in [1.54, 1.807) is 14.2 Å². The van der Waals surface area contributed by atoms with Crippen LogP contribution in [0.4, 0.5) is 5.69 Å². The van der Waals surface area contributed by atoms with E-state index in [0.29, 0.717) is 19.8 Å². The van der Waals surface area contributed by atoms with Gasteiger partial charge in [-0.05, 0) is 55.9 Å². The lowest BCUT2D eigenvalue weighted by molar-refractivity contribution is -0.0528. The van der Waals surface area contributed by atoms with E-state index in [0.717, 1.165) is 68.5 Å². The highest BCUT2D eigenvalue weighted by Crippen LogP contribution is 2.35. The molecule has 2 aliphatic heterocycles. The predicted octanol–water partition coefficient (Wildman–Crippen LogP) is 3.15. The van der Waals surface area contributed by atoms with Crippen LogP contribution in [0.25, 0.3) is 0 Å². The second-order valence-corrected chi connectivity index (χ2v) is 10.2. The monoisotopic (exact) mass is 537 g/mol. The molecule has 0 amide bonds. The van der Waals surface area contributed by atoms with Gasteiger partial charge >= 0.3 is 0 Å². The van der Waals surface area contributed by atoms with Gasteiger partial charge in [-0.3, -0.25) is 4.90 Å². The Labute approximate surface area is 233 Å². The van der Waals surface area contributed by atoms with Gasteiger partial charge in [0.15, 0.2) is 0 Å². The van der Waals surface area contributed by atoms with E-state index >= 15 is 0 Å². The molecule has 2 aromatic rings. The van der Waals surface area contributed by atoms with E-state index in [9.17, 15) is 0 Å². The van der Waals surface area contributed by atoms with Gasteiger partial charge in [0.2, 0.25) is 0 Å². The molecule has 39 heavy (non-hydrogen) atoms. The first-order valence-corrected chi connectivity index (χ1v) is 13.8. The van der Waals surface area contributed by atoms with Crippen molar-refractivity contribution in [2.45, 2.75) is 31.2 Å². The van der Waals surface area contributed by atoms with Gasteiger partial charge < -0.3 is 33.9 Å². The Hall–Kier alpha value is -2.80. The molecule has 2 heterocycles. The summed E-state index contributed by atoms with van der Waals surface area (Å²) in [4.78, 5) is 4.43. The average molecular weight is 538 g/mol. The lowest BCUT2D eigenvalue weighted by Gasteiger charge is -2.38. The molecule has 3 atom stereocenters. The predicted molar refractivity (Wildman–Crippen MR) is 154 cm³/mol. The van der Waals surface area contributed by atoms with Gasteiger partial charge in [-0.2, -0.15) is 0 Å². The third-order valence-corrected chi connectivity index (χ3v) is 7.11. The largest absolute Gasteiger partial charge is 0.497 e. The smallest absolute Gasteiger partial charge is 0.142 e. The lowest BCUT2D eigenvalue weighted by atomic mass is 9.85. The van der Waals surface area contributed by atoms with E-state index in [1.165, 1.54) is 5.56 Å². The third kappa shape index (κ3) is 8.34. The Morgan fingerprint density at radius 3 is 2.56 bits per heavy atom.